The van der Waals surface area contributed by atoms with Gasteiger partial charge in [0.15, 0.2) is 0 Å². The third-order valence-corrected chi connectivity index (χ3v) is 11.0. The zero-order chi connectivity index (χ0) is 24.3. The molecular formula is C26H34F4O4. The number of esters is 2. The minimum absolute atomic E-state index is 0.159. The molecule has 8 aliphatic rings. The molecule has 0 N–H and O–H groups in total. The van der Waals surface area contributed by atoms with Gasteiger partial charge < -0.3 is 9.47 Å². The van der Waals surface area contributed by atoms with Crippen LogP contribution in [0.5, 0.6) is 0 Å². The number of halogens is 4. The molecule has 0 aliphatic heterocycles. The molecule has 0 heterocycles. The summed E-state index contributed by atoms with van der Waals surface area (Å²) in [7, 11) is 0. The Bertz CT molecular complexity index is 803. The van der Waals surface area contributed by atoms with E-state index in [1.807, 2.05) is 13.8 Å². The lowest BCUT2D eigenvalue weighted by Gasteiger charge is -2.59. The molecule has 34 heavy (non-hydrogen) atoms. The van der Waals surface area contributed by atoms with Crippen LogP contribution in [0.3, 0.4) is 0 Å². The molecule has 8 aliphatic carbocycles. The number of ether oxygens (including phenoxy) is 2. The molecule has 190 valence electrons. The van der Waals surface area contributed by atoms with Crippen LogP contribution in [-0.2, 0) is 19.1 Å². The normalized spacial score (nSPS) is 48.8. The number of hydrogen-bond donors (Lipinski definition) is 0. The highest BCUT2D eigenvalue weighted by Gasteiger charge is 2.72. The van der Waals surface area contributed by atoms with Gasteiger partial charge in [0, 0.05) is 0 Å². The first-order chi connectivity index (χ1) is 15.9. The van der Waals surface area contributed by atoms with Crippen molar-refractivity contribution < 1.29 is 36.6 Å². The van der Waals surface area contributed by atoms with Gasteiger partial charge in [0.2, 0.25) is 0 Å². The van der Waals surface area contributed by atoms with Crippen LogP contribution >= 0.6 is 0 Å². The van der Waals surface area contributed by atoms with E-state index in [0.717, 1.165) is 38.5 Å². The Morgan fingerprint density at radius 1 is 0.618 bits per heavy atom. The third-order valence-electron chi connectivity index (χ3n) is 11.0. The second-order valence-corrected chi connectivity index (χ2v) is 12.8. The maximum atomic E-state index is 15.0. The first-order valence-corrected chi connectivity index (χ1v) is 13.1. The van der Waals surface area contributed by atoms with E-state index in [4.69, 9.17) is 9.47 Å². The number of alkyl halides is 4. The fourth-order valence-electron chi connectivity index (χ4n) is 9.55. The fraction of sp³-hybridized carbons (Fsp3) is 0.923. The second-order valence-electron chi connectivity index (χ2n) is 12.8. The Hall–Kier alpha value is -1.34. The summed E-state index contributed by atoms with van der Waals surface area (Å²) < 4.78 is 70.6. The van der Waals surface area contributed by atoms with Gasteiger partial charge in [-0.1, -0.05) is 13.8 Å². The van der Waals surface area contributed by atoms with Crippen LogP contribution < -0.4 is 0 Å². The summed E-state index contributed by atoms with van der Waals surface area (Å²) in [4.78, 5) is 25.2. The SMILES string of the molecule is CC1C2CC3CC(C2)CC1(OC(=O)C(F)(F)C(F)(F)C(=O)OC12CC4CC(CC(C4)C1C)C2)C3. The predicted octanol–water partition coefficient (Wildman–Crippen LogP) is 5.77. The smallest absolute Gasteiger partial charge is 0.415 e. The molecule has 8 heteroatoms. The van der Waals surface area contributed by atoms with Crippen LogP contribution in [0.4, 0.5) is 17.6 Å². The van der Waals surface area contributed by atoms with E-state index in [1.54, 1.807) is 0 Å². The van der Waals surface area contributed by atoms with Crippen molar-refractivity contribution in [3.8, 4) is 0 Å². The van der Waals surface area contributed by atoms with E-state index in [2.05, 4.69) is 0 Å². The van der Waals surface area contributed by atoms with Crippen molar-refractivity contribution in [3.63, 3.8) is 0 Å². The molecule has 6 atom stereocenters. The monoisotopic (exact) mass is 486 g/mol. The molecule has 8 saturated carbocycles. The molecule has 0 spiro atoms. The van der Waals surface area contributed by atoms with Crippen LogP contribution in [0.1, 0.15) is 78.1 Å². The van der Waals surface area contributed by atoms with Crippen LogP contribution in [0.2, 0.25) is 0 Å². The van der Waals surface area contributed by atoms with Crippen LogP contribution in [-0.4, -0.2) is 35.0 Å². The maximum Gasteiger partial charge on any atom is 0.415 e. The summed E-state index contributed by atoms with van der Waals surface area (Å²) in [5, 5.41) is 0. The summed E-state index contributed by atoms with van der Waals surface area (Å²) >= 11 is 0. The standard InChI is InChI=1S/C26H34F4O4/c1-13-19-5-15-3-16(6-19)10-23(13,9-15)33-21(31)25(27,28)26(29,30)22(32)34-24-11-17-4-18(12-24)8-20(7-17)14(24)2/h13-20H,3-12H2,1-2H3. The van der Waals surface area contributed by atoms with Crippen LogP contribution in [0, 0.1) is 47.3 Å². The topological polar surface area (TPSA) is 52.6 Å². The fourth-order valence-corrected chi connectivity index (χ4v) is 9.55. The van der Waals surface area contributed by atoms with Crippen LogP contribution in [0.15, 0.2) is 0 Å². The van der Waals surface area contributed by atoms with Gasteiger partial charge in [-0.15, -0.1) is 0 Å². The lowest BCUT2D eigenvalue weighted by molar-refractivity contribution is -0.270. The maximum absolute atomic E-state index is 15.0. The van der Waals surface area contributed by atoms with Crippen molar-refractivity contribution in [2.45, 2.75) is 101 Å². The van der Waals surface area contributed by atoms with E-state index >= 15 is 0 Å². The van der Waals surface area contributed by atoms with E-state index < -0.39 is 35.0 Å². The molecule has 8 rings (SSSR count). The summed E-state index contributed by atoms with van der Waals surface area (Å²) in [6.45, 7) is 3.74. The minimum atomic E-state index is -5.28. The van der Waals surface area contributed by atoms with Gasteiger partial charge >= 0.3 is 23.8 Å². The zero-order valence-corrected chi connectivity index (χ0v) is 19.8. The van der Waals surface area contributed by atoms with Crippen molar-refractivity contribution >= 4 is 11.9 Å². The van der Waals surface area contributed by atoms with E-state index in [0.29, 0.717) is 25.7 Å². The third kappa shape index (κ3) is 3.07. The molecule has 8 bridgehead atoms. The number of hydrogen-bond acceptors (Lipinski definition) is 4. The number of carbonyl (C=O) groups is 2. The highest BCUT2D eigenvalue weighted by Crippen LogP contribution is 2.62. The minimum Gasteiger partial charge on any atom is -0.454 e. The van der Waals surface area contributed by atoms with E-state index in [9.17, 15) is 27.2 Å². The Kier molecular flexibility index (Phi) is 4.83. The summed E-state index contributed by atoms with van der Waals surface area (Å²) in [6, 6.07) is 0. The van der Waals surface area contributed by atoms with Crippen molar-refractivity contribution in [1.29, 1.82) is 0 Å². The predicted molar refractivity (Wildman–Crippen MR) is 113 cm³/mol. The van der Waals surface area contributed by atoms with E-state index in [1.165, 1.54) is 0 Å². The van der Waals surface area contributed by atoms with Gasteiger partial charge in [-0.3, -0.25) is 0 Å². The van der Waals surface area contributed by atoms with Crippen molar-refractivity contribution in [3.05, 3.63) is 0 Å². The average molecular weight is 487 g/mol. The molecule has 0 aromatic rings. The molecule has 0 amide bonds. The Morgan fingerprint density at radius 3 is 1.21 bits per heavy atom. The molecular weight excluding hydrogens is 452 g/mol. The van der Waals surface area contributed by atoms with Gasteiger partial charge in [-0.05, 0) is 112 Å². The highest BCUT2D eigenvalue weighted by atomic mass is 19.3. The first kappa shape index (κ1) is 23.1. The second kappa shape index (κ2) is 7.12. The summed E-state index contributed by atoms with van der Waals surface area (Å²) in [5.41, 5.74) is -2.27. The molecule has 6 unspecified atom stereocenters. The lowest BCUT2D eigenvalue weighted by atomic mass is 9.50. The van der Waals surface area contributed by atoms with Crippen molar-refractivity contribution in [2.24, 2.45) is 47.3 Å². The van der Waals surface area contributed by atoms with Crippen molar-refractivity contribution in [2.75, 3.05) is 0 Å². The molecule has 0 saturated heterocycles. The van der Waals surface area contributed by atoms with Gasteiger partial charge in [0.05, 0.1) is 0 Å². The first-order valence-electron chi connectivity index (χ1n) is 13.1. The molecule has 0 radical (unpaired) electrons. The number of rotatable bonds is 5. The molecule has 8 fully saturated rings. The lowest BCUT2D eigenvalue weighted by Crippen LogP contribution is -2.63. The van der Waals surface area contributed by atoms with Gasteiger partial charge in [-0.2, -0.15) is 17.6 Å². The average Bonchev–Trinajstić information content (AvgIpc) is 2.74. The summed E-state index contributed by atoms with van der Waals surface area (Å²) in [6.07, 6.45) is 7.58. The van der Waals surface area contributed by atoms with Crippen molar-refractivity contribution in [1.82, 2.24) is 0 Å². The van der Waals surface area contributed by atoms with Gasteiger partial charge in [-0.25, -0.2) is 9.59 Å². The molecule has 4 nitrogen and oxygen atoms in total. The quantitative estimate of drug-likeness (QED) is 0.366. The highest BCUT2D eigenvalue weighted by molar-refractivity contribution is 5.90. The molecule has 0 aromatic carbocycles. The Morgan fingerprint density at radius 2 is 0.912 bits per heavy atom. The van der Waals surface area contributed by atoms with Gasteiger partial charge in [0.1, 0.15) is 11.2 Å². The molecule has 0 aromatic heterocycles. The van der Waals surface area contributed by atoms with Crippen LogP contribution in [0.25, 0.3) is 0 Å². The largest absolute Gasteiger partial charge is 0.454 e. The summed E-state index contributed by atoms with van der Waals surface area (Å²) in [5.74, 6) is -13.8. The van der Waals surface area contributed by atoms with E-state index in [-0.39, 0.29) is 47.3 Å². The Balaban J connectivity index is 1.20. The van der Waals surface area contributed by atoms with Gasteiger partial charge in [0.25, 0.3) is 0 Å². The Labute approximate surface area is 197 Å². The zero-order valence-electron chi connectivity index (χ0n) is 19.8. The number of carbonyl (C=O) groups excluding carboxylic acids is 2.